The van der Waals surface area contributed by atoms with Crippen molar-refractivity contribution in [1.82, 2.24) is 15.3 Å². The lowest BCUT2D eigenvalue weighted by Crippen LogP contribution is -2.24. The molecule has 9 heteroatoms. The van der Waals surface area contributed by atoms with Gasteiger partial charge >= 0.3 is 5.69 Å². The van der Waals surface area contributed by atoms with Crippen LogP contribution in [0.4, 0.5) is 5.69 Å². The van der Waals surface area contributed by atoms with Gasteiger partial charge in [-0.25, -0.2) is 13.2 Å². The third-order valence-corrected chi connectivity index (χ3v) is 6.60. The molecule has 0 aliphatic heterocycles. The maximum absolute atomic E-state index is 12.7. The highest BCUT2D eigenvalue weighted by atomic mass is 32.2. The molecular weight excluding hydrogens is 440 g/mol. The molecule has 4 aromatic rings. The lowest BCUT2D eigenvalue weighted by molar-refractivity contribution is 0.0953. The van der Waals surface area contributed by atoms with Gasteiger partial charge in [-0.3, -0.25) is 9.52 Å². The summed E-state index contributed by atoms with van der Waals surface area (Å²) in [6.45, 7) is 0.573. The van der Waals surface area contributed by atoms with Gasteiger partial charge in [-0.1, -0.05) is 30.3 Å². The van der Waals surface area contributed by atoms with Gasteiger partial charge in [-0.15, -0.1) is 0 Å². The maximum atomic E-state index is 12.7. The molecule has 0 fully saturated rings. The first-order valence-corrected chi connectivity index (χ1v) is 12.1. The van der Waals surface area contributed by atoms with Gasteiger partial charge in [0.2, 0.25) is 0 Å². The van der Waals surface area contributed by atoms with Crippen LogP contribution in [-0.4, -0.2) is 30.8 Å². The molecule has 1 amide bonds. The van der Waals surface area contributed by atoms with Crippen LogP contribution in [0.5, 0.6) is 0 Å². The number of sulfonamides is 1. The molecule has 170 valence electrons. The molecule has 4 N–H and O–H groups in total. The van der Waals surface area contributed by atoms with Crippen LogP contribution in [-0.2, 0) is 16.4 Å². The van der Waals surface area contributed by atoms with Crippen molar-refractivity contribution in [2.24, 2.45) is 0 Å². The van der Waals surface area contributed by atoms with Gasteiger partial charge in [0.1, 0.15) is 0 Å². The van der Waals surface area contributed by atoms with Crippen LogP contribution in [0.15, 0.2) is 82.5 Å². The number of anilines is 1. The van der Waals surface area contributed by atoms with Crippen molar-refractivity contribution in [3.05, 3.63) is 94.4 Å². The number of aryl methyl sites for hydroxylation is 1. The molecular formula is C24H24N4O4S. The predicted molar refractivity (Wildman–Crippen MR) is 128 cm³/mol. The zero-order valence-corrected chi connectivity index (χ0v) is 18.6. The van der Waals surface area contributed by atoms with Gasteiger partial charge in [0.15, 0.2) is 0 Å². The fourth-order valence-electron chi connectivity index (χ4n) is 3.49. The number of hydrogen-bond acceptors (Lipinski definition) is 4. The number of amides is 1. The van der Waals surface area contributed by atoms with E-state index in [-0.39, 0.29) is 10.8 Å². The first-order chi connectivity index (χ1) is 15.9. The second kappa shape index (κ2) is 9.74. The quantitative estimate of drug-likeness (QED) is 0.283. The van der Waals surface area contributed by atoms with E-state index in [1.165, 1.54) is 23.8 Å². The Labute approximate surface area is 191 Å². The van der Waals surface area contributed by atoms with Gasteiger partial charge in [0.05, 0.1) is 15.9 Å². The molecule has 0 radical (unpaired) electrons. The Balaban J connectivity index is 1.30. The summed E-state index contributed by atoms with van der Waals surface area (Å²) in [4.78, 5) is 28.8. The molecule has 33 heavy (non-hydrogen) atoms. The smallest absolute Gasteiger partial charge is 0.323 e. The van der Waals surface area contributed by atoms with Crippen molar-refractivity contribution in [1.29, 1.82) is 0 Å². The lowest BCUT2D eigenvalue weighted by Gasteiger charge is -2.09. The van der Waals surface area contributed by atoms with E-state index < -0.39 is 15.7 Å². The second-order valence-electron chi connectivity index (χ2n) is 7.67. The molecule has 4 rings (SSSR count). The minimum atomic E-state index is -3.86. The van der Waals surface area contributed by atoms with E-state index in [1.54, 1.807) is 24.3 Å². The van der Waals surface area contributed by atoms with Crippen LogP contribution in [0.25, 0.3) is 11.0 Å². The summed E-state index contributed by atoms with van der Waals surface area (Å²) in [6.07, 6.45) is 2.82. The highest BCUT2D eigenvalue weighted by Gasteiger charge is 2.16. The Hall–Kier alpha value is -3.85. The summed E-state index contributed by atoms with van der Waals surface area (Å²) in [5.41, 5.74) is 2.58. The SMILES string of the molecule is O=C(NCCCCc1ccccc1)c1ccc(NS(=O)(=O)c2ccc3[nH]c(=O)[nH]c3c2)cc1. The zero-order chi connectivity index (χ0) is 23.3. The predicted octanol–water partition coefficient (Wildman–Crippen LogP) is 3.41. The van der Waals surface area contributed by atoms with Gasteiger partial charge in [0, 0.05) is 17.8 Å². The third kappa shape index (κ3) is 5.69. The van der Waals surface area contributed by atoms with E-state index in [2.05, 4.69) is 32.1 Å². The number of H-pyrrole nitrogens is 2. The number of carbonyl (C=O) groups is 1. The summed E-state index contributed by atoms with van der Waals surface area (Å²) >= 11 is 0. The van der Waals surface area contributed by atoms with Crippen LogP contribution >= 0.6 is 0 Å². The van der Waals surface area contributed by atoms with E-state index in [1.807, 2.05) is 18.2 Å². The number of hydrogen-bond donors (Lipinski definition) is 4. The Morgan fingerprint density at radius 3 is 2.33 bits per heavy atom. The normalized spacial score (nSPS) is 11.4. The molecule has 3 aromatic carbocycles. The standard InChI is InChI=1S/C24H24N4O4S/c29-23(25-15-5-4-8-17-6-2-1-3-7-17)18-9-11-19(12-10-18)28-33(31,32)20-13-14-21-22(16-20)27-24(30)26-21/h1-3,6-7,9-14,16,28H,4-5,8,15H2,(H,25,29)(H2,26,27,30). The Kier molecular flexibility index (Phi) is 6.60. The van der Waals surface area contributed by atoms with Crippen LogP contribution < -0.4 is 15.7 Å². The Morgan fingerprint density at radius 2 is 1.58 bits per heavy atom. The first-order valence-electron chi connectivity index (χ1n) is 10.6. The topological polar surface area (TPSA) is 124 Å². The molecule has 0 bridgehead atoms. The largest absolute Gasteiger partial charge is 0.352 e. The summed E-state index contributed by atoms with van der Waals surface area (Å²) < 4.78 is 27.9. The second-order valence-corrected chi connectivity index (χ2v) is 9.35. The van der Waals surface area contributed by atoms with Crippen molar-refractivity contribution in [2.45, 2.75) is 24.2 Å². The fourth-order valence-corrected chi connectivity index (χ4v) is 4.57. The number of unbranched alkanes of at least 4 members (excludes halogenated alkanes) is 1. The average molecular weight is 465 g/mol. The molecule has 0 saturated heterocycles. The average Bonchev–Trinajstić information content (AvgIpc) is 3.19. The van der Waals surface area contributed by atoms with Crippen molar-refractivity contribution in [3.8, 4) is 0 Å². The van der Waals surface area contributed by atoms with Gasteiger partial charge < -0.3 is 15.3 Å². The number of fused-ring (bicyclic) bond motifs is 1. The van der Waals surface area contributed by atoms with Crippen molar-refractivity contribution in [3.63, 3.8) is 0 Å². The molecule has 1 aromatic heterocycles. The minimum Gasteiger partial charge on any atom is -0.352 e. The first kappa shape index (κ1) is 22.3. The van der Waals surface area contributed by atoms with E-state index in [4.69, 9.17) is 0 Å². The summed E-state index contributed by atoms with van der Waals surface area (Å²) in [5.74, 6) is -0.203. The Bertz CT molecular complexity index is 1410. The monoisotopic (exact) mass is 464 g/mol. The molecule has 0 saturated carbocycles. The van der Waals surface area contributed by atoms with Crippen LogP contribution in [0.1, 0.15) is 28.8 Å². The summed E-state index contributed by atoms with van der Waals surface area (Å²) in [5, 5.41) is 2.89. The molecule has 0 unspecified atom stereocenters. The maximum Gasteiger partial charge on any atom is 0.323 e. The number of benzene rings is 3. The fraction of sp³-hybridized carbons (Fsp3) is 0.167. The van der Waals surface area contributed by atoms with Gasteiger partial charge in [-0.2, -0.15) is 0 Å². The van der Waals surface area contributed by atoms with Crippen molar-refractivity contribution in [2.75, 3.05) is 11.3 Å². The van der Waals surface area contributed by atoms with Gasteiger partial charge in [0.25, 0.3) is 15.9 Å². The highest BCUT2D eigenvalue weighted by Crippen LogP contribution is 2.19. The number of carbonyl (C=O) groups excluding carboxylic acids is 1. The molecule has 0 atom stereocenters. The zero-order valence-electron chi connectivity index (χ0n) is 17.8. The number of aromatic nitrogens is 2. The van der Waals surface area contributed by atoms with Crippen LogP contribution in [0.2, 0.25) is 0 Å². The Morgan fingerprint density at radius 1 is 0.848 bits per heavy atom. The summed E-state index contributed by atoms with van der Waals surface area (Å²) in [7, 11) is -3.86. The van der Waals surface area contributed by atoms with Crippen LogP contribution in [0, 0.1) is 0 Å². The van der Waals surface area contributed by atoms with E-state index >= 15 is 0 Å². The third-order valence-electron chi connectivity index (χ3n) is 5.22. The molecule has 1 heterocycles. The molecule has 0 aliphatic rings. The number of imidazole rings is 1. The number of rotatable bonds is 9. The molecule has 0 aliphatic carbocycles. The highest BCUT2D eigenvalue weighted by molar-refractivity contribution is 7.92. The van der Waals surface area contributed by atoms with E-state index in [9.17, 15) is 18.0 Å². The number of nitrogens with one attached hydrogen (secondary N) is 4. The van der Waals surface area contributed by atoms with Crippen LogP contribution in [0.3, 0.4) is 0 Å². The van der Waals surface area contributed by atoms with E-state index in [0.717, 1.165) is 19.3 Å². The van der Waals surface area contributed by atoms with Crippen molar-refractivity contribution >= 4 is 32.7 Å². The molecule has 8 nitrogen and oxygen atoms in total. The van der Waals surface area contributed by atoms with E-state index in [0.29, 0.717) is 28.8 Å². The molecule has 0 spiro atoms. The number of aromatic amines is 2. The summed E-state index contributed by atoms with van der Waals surface area (Å²) in [6, 6.07) is 20.8. The lowest BCUT2D eigenvalue weighted by atomic mass is 10.1. The van der Waals surface area contributed by atoms with Crippen molar-refractivity contribution < 1.29 is 13.2 Å². The minimum absolute atomic E-state index is 0.0163. The van der Waals surface area contributed by atoms with Gasteiger partial charge in [-0.05, 0) is 67.3 Å².